The van der Waals surface area contributed by atoms with Crippen molar-refractivity contribution < 1.29 is 27.9 Å². The number of hydrogen-bond acceptors (Lipinski definition) is 5. The van der Waals surface area contributed by atoms with Crippen molar-refractivity contribution in [3.63, 3.8) is 0 Å². The number of aromatic nitrogens is 1. The third-order valence-electron chi connectivity index (χ3n) is 2.74. The summed E-state index contributed by atoms with van der Waals surface area (Å²) in [6, 6.07) is -1.08. The summed E-state index contributed by atoms with van der Waals surface area (Å²) >= 11 is 0. The fourth-order valence-electron chi connectivity index (χ4n) is 1.87. The van der Waals surface area contributed by atoms with Gasteiger partial charge in [0.25, 0.3) is 0 Å². The van der Waals surface area contributed by atoms with Gasteiger partial charge < -0.3 is 14.8 Å². The number of aryl methyl sites for hydroxylation is 1. The number of hydrogen-bond donors (Lipinski definition) is 3. The summed E-state index contributed by atoms with van der Waals surface area (Å²) in [5.41, 5.74) is 0.0672. The minimum absolute atomic E-state index is 0.0829. The van der Waals surface area contributed by atoms with Gasteiger partial charge in [0.2, 0.25) is 10.0 Å². The molecule has 0 bridgehead atoms. The van der Waals surface area contributed by atoms with Gasteiger partial charge in [0, 0.05) is 11.3 Å². The molecule has 1 aromatic heterocycles. The predicted octanol–water partition coefficient (Wildman–Crippen LogP) is 0.170. The van der Waals surface area contributed by atoms with Crippen molar-refractivity contribution in [1.29, 1.82) is 0 Å². The van der Waals surface area contributed by atoms with E-state index < -0.39 is 28.0 Å². The molecule has 0 saturated heterocycles. The quantitative estimate of drug-likeness (QED) is 0.666. The lowest BCUT2D eigenvalue weighted by molar-refractivity contribution is -0.142. The number of esters is 1. The molecule has 0 aromatic carbocycles. The predicted molar refractivity (Wildman–Crippen MR) is 69.0 cm³/mol. The molecule has 1 heterocycles. The van der Waals surface area contributed by atoms with Crippen molar-refractivity contribution in [2.75, 3.05) is 7.11 Å². The lowest BCUT2D eigenvalue weighted by Crippen LogP contribution is -2.39. The summed E-state index contributed by atoms with van der Waals surface area (Å²) < 4.78 is 31.0. The van der Waals surface area contributed by atoms with Crippen molar-refractivity contribution in [3.8, 4) is 0 Å². The van der Waals surface area contributed by atoms with Gasteiger partial charge in [-0.3, -0.25) is 4.79 Å². The number of carboxylic acid groups (broad SMARTS) is 1. The normalized spacial score (nSPS) is 13.0. The third-order valence-corrected chi connectivity index (χ3v) is 4.55. The van der Waals surface area contributed by atoms with Crippen molar-refractivity contribution in [2.45, 2.75) is 31.7 Å². The molecule has 0 spiro atoms. The van der Waals surface area contributed by atoms with Crippen LogP contribution in [0.1, 0.15) is 28.7 Å². The molecule has 0 amide bonds. The second-order valence-corrected chi connectivity index (χ2v) is 5.90. The maximum Gasteiger partial charge on any atom is 0.352 e. The van der Waals surface area contributed by atoms with E-state index in [1.165, 1.54) is 20.8 Å². The molecule has 20 heavy (non-hydrogen) atoms. The van der Waals surface area contributed by atoms with E-state index in [1.807, 2.05) is 0 Å². The minimum atomic E-state index is -4.03. The summed E-state index contributed by atoms with van der Waals surface area (Å²) in [5, 5.41) is 8.96. The monoisotopic (exact) mass is 304 g/mol. The number of ether oxygens (including phenoxy) is 1. The number of sulfonamides is 1. The van der Waals surface area contributed by atoms with Crippen LogP contribution in [0.5, 0.6) is 0 Å². The first kappa shape index (κ1) is 16.2. The van der Waals surface area contributed by atoms with Crippen LogP contribution in [0.3, 0.4) is 0 Å². The van der Waals surface area contributed by atoms with E-state index in [0.717, 1.165) is 7.11 Å². The number of rotatable bonds is 5. The highest BCUT2D eigenvalue weighted by Crippen LogP contribution is 2.23. The third kappa shape index (κ3) is 2.99. The van der Waals surface area contributed by atoms with E-state index in [4.69, 9.17) is 5.11 Å². The van der Waals surface area contributed by atoms with E-state index in [2.05, 4.69) is 14.4 Å². The Hall–Kier alpha value is -1.87. The van der Waals surface area contributed by atoms with Crippen LogP contribution in [-0.4, -0.2) is 43.6 Å². The second-order valence-electron chi connectivity index (χ2n) is 4.25. The van der Waals surface area contributed by atoms with Crippen LogP contribution in [0, 0.1) is 13.8 Å². The summed E-state index contributed by atoms with van der Waals surface area (Å²) in [4.78, 5) is 24.5. The van der Waals surface area contributed by atoms with Gasteiger partial charge >= 0.3 is 11.9 Å². The Balaban J connectivity index is 3.23. The number of aromatic amines is 1. The molecule has 8 nitrogen and oxygen atoms in total. The average Bonchev–Trinajstić information content (AvgIpc) is 2.63. The fraction of sp³-hybridized carbons (Fsp3) is 0.455. The molecule has 1 atom stereocenters. The molecule has 0 aliphatic heterocycles. The number of aromatic carboxylic acids is 1. The van der Waals surface area contributed by atoms with E-state index in [0.29, 0.717) is 0 Å². The zero-order chi connectivity index (χ0) is 15.7. The van der Waals surface area contributed by atoms with Crippen molar-refractivity contribution in [1.82, 2.24) is 9.71 Å². The van der Waals surface area contributed by atoms with Gasteiger partial charge in [0.15, 0.2) is 0 Å². The van der Waals surface area contributed by atoms with E-state index >= 15 is 0 Å². The van der Waals surface area contributed by atoms with Crippen molar-refractivity contribution in [2.24, 2.45) is 0 Å². The number of methoxy groups -OCH3 is 1. The van der Waals surface area contributed by atoms with Gasteiger partial charge in [-0.25, -0.2) is 13.2 Å². The Kier molecular flexibility index (Phi) is 4.56. The number of nitrogens with one attached hydrogen (secondary N) is 2. The zero-order valence-electron chi connectivity index (χ0n) is 11.5. The molecule has 1 rings (SSSR count). The van der Waals surface area contributed by atoms with Crippen LogP contribution < -0.4 is 4.72 Å². The van der Waals surface area contributed by atoms with E-state index in [9.17, 15) is 18.0 Å². The molecule has 0 unspecified atom stereocenters. The minimum Gasteiger partial charge on any atom is -0.477 e. The number of carbonyl (C=O) groups is 2. The smallest absolute Gasteiger partial charge is 0.352 e. The van der Waals surface area contributed by atoms with Crippen LogP contribution >= 0.6 is 0 Å². The first-order valence-electron chi connectivity index (χ1n) is 5.64. The molecule has 0 aliphatic carbocycles. The lowest BCUT2D eigenvalue weighted by atomic mass is 10.2. The van der Waals surface area contributed by atoms with Crippen LogP contribution in [0.2, 0.25) is 0 Å². The summed E-state index contributed by atoms with van der Waals surface area (Å²) in [5.74, 6) is -1.99. The molecule has 0 radical (unpaired) electrons. The van der Waals surface area contributed by atoms with Gasteiger partial charge in [0.05, 0.1) is 7.11 Å². The first-order chi connectivity index (χ1) is 9.11. The van der Waals surface area contributed by atoms with Gasteiger partial charge in [0.1, 0.15) is 16.6 Å². The van der Waals surface area contributed by atoms with E-state index in [-0.39, 0.29) is 21.8 Å². The molecule has 9 heteroatoms. The number of carbonyl (C=O) groups excluding carboxylic acids is 1. The number of H-pyrrole nitrogens is 1. The highest BCUT2D eigenvalue weighted by Gasteiger charge is 2.29. The lowest BCUT2D eigenvalue weighted by Gasteiger charge is -2.12. The van der Waals surface area contributed by atoms with Crippen LogP contribution in [0.4, 0.5) is 0 Å². The van der Waals surface area contributed by atoms with Crippen LogP contribution in [0.15, 0.2) is 4.90 Å². The van der Waals surface area contributed by atoms with Gasteiger partial charge in [-0.2, -0.15) is 4.72 Å². The second kappa shape index (κ2) is 5.63. The molecule has 112 valence electrons. The standard InChI is InChI=1S/C11H16N2O6S/c1-5-8(10(14)15)12-6(2)9(5)20(17,18)13-7(3)11(16)19-4/h7,12-13H,1-4H3,(H,14,15)/t7-/m0/s1. The molecule has 0 saturated carbocycles. The summed E-state index contributed by atoms with van der Waals surface area (Å²) in [6.07, 6.45) is 0. The highest BCUT2D eigenvalue weighted by molar-refractivity contribution is 7.89. The molecule has 0 fully saturated rings. The van der Waals surface area contributed by atoms with Crippen LogP contribution in [0.25, 0.3) is 0 Å². The Bertz CT molecular complexity index is 646. The molecule has 1 aromatic rings. The molecule has 3 N–H and O–H groups in total. The highest BCUT2D eigenvalue weighted by atomic mass is 32.2. The maximum absolute atomic E-state index is 12.2. The zero-order valence-corrected chi connectivity index (χ0v) is 12.3. The Morgan fingerprint density at radius 1 is 1.35 bits per heavy atom. The average molecular weight is 304 g/mol. The molecule has 0 aliphatic rings. The van der Waals surface area contributed by atoms with Crippen molar-refractivity contribution in [3.05, 3.63) is 17.0 Å². The Morgan fingerprint density at radius 3 is 2.30 bits per heavy atom. The summed E-state index contributed by atoms with van der Waals surface area (Å²) in [7, 11) is -2.89. The van der Waals surface area contributed by atoms with Gasteiger partial charge in [-0.05, 0) is 20.8 Å². The summed E-state index contributed by atoms with van der Waals surface area (Å²) in [6.45, 7) is 4.15. The number of carboxylic acids is 1. The topological polar surface area (TPSA) is 126 Å². The van der Waals surface area contributed by atoms with E-state index in [1.54, 1.807) is 0 Å². The fourth-order valence-corrected chi connectivity index (χ4v) is 3.51. The van der Waals surface area contributed by atoms with Gasteiger partial charge in [-0.15, -0.1) is 0 Å². The first-order valence-corrected chi connectivity index (χ1v) is 7.12. The van der Waals surface area contributed by atoms with Gasteiger partial charge in [-0.1, -0.05) is 0 Å². The Labute approximate surface area is 116 Å². The van der Waals surface area contributed by atoms with Crippen LogP contribution in [-0.2, 0) is 19.6 Å². The Morgan fingerprint density at radius 2 is 1.90 bits per heavy atom. The van der Waals surface area contributed by atoms with Crippen molar-refractivity contribution >= 4 is 22.0 Å². The molecular formula is C11H16N2O6S. The molecular weight excluding hydrogens is 288 g/mol. The maximum atomic E-state index is 12.2. The largest absolute Gasteiger partial charge is 0.477 e. The SMILES string of the molecule is COC(=O)[C@H](C)NS(=O)(=O)c1c(C)[nH]c(C(=O)O)c1C.